The first kappa shape index (κ1) is 13.5. The molecular formula is C13H24N4O. The molecule has 0 aromatic carbocycles. The van der Waals surface area contributed by atoms with E-state index in [0.717, 1.165) is 50.1 Å². The van der Waals surface area contributed by atoms with Gasteiger partial charge in [0, 0.05) is 13.0 Å². The summed E-state index contributed by atoms with van der Waals surface area (Å²) in [6, 6.07) is 0. The highest BCUT2D eigenvalue weighted by Crippen LogP contribution is 2.12. The Balaban J connectivity index is 1.76. The van der Waals surface area contributed by atoms with Gasteiger partial charge in [-0.05, 0) is 45.3 Å². The van der Waals surface area contributed by atoms with Crippen molar-refractivity contribution in [3.8, 4) is 0 Å². The summed E-state index contributed by atoms with van der Waals surface area (Å²) in [6.07, 6.45) is 4.57. The van der Waals surface area contributed by atoms with Gasteiger partial charge in [-0.1, -0.05) is 12.1 Å². The number of aryl methyl sites for hydroxylation is 1. The van der Waals surface area contributed by atoms with Crippen molar-refractivity contribution in [2.45, 2.75) is 39.2 Å². The predicted molar refractivity (Wildman–Crippen MR) is 70.2 cm³/mol. The van der Waals surface area contributed by atoms with Crippen molar-refractivity contribution < 1.29 is 4.52 Å². The summed E-state index contributed by atoms with van der Waals surface area (Å²) in [7, 11) is 2.12. The van der Waals surface area contributed by atoms with E-state index in [1.807, 2.05) is 0 Å². The Bertz CT molecular complexity index is 347. The van der Waals surface area contributed by atoms with Crippen LogP contribution in [0, 0.1) is 5.92 Å². The number of rotatable bonds is 6. The van der Waals surface area contributed by atoms with Gasteiger partial charge in [-0.15, -0.1) is 0 Å². The van der Waals surface area contributed by atoms with Gasteiger partial charge in [-0.3, -0.25) is 4.90 Å². The van der Waals surface area contributed by atoms with Gasteiger partial charge in [-0.2, -0.15) is 4.98 Å². The van der Waals surface area contributed by atoms with Crippen molar-refractivity contribution in [1.29, 1.82) is 0 Å². The summed E-state index contributed by atoms with van der Waals surface area (Å²) in [5, 5.41) is 7.43. The zero-order valence-electron chi connectivity index (χ0n) is 11.5. The summed E-state index contributed by atoms with van der Waals surface area (Å²) < 4.78 is 5.26. The summed E-state index contributed by atoms with van der Waals surface area (Å²) in [5.74, 6) is 2.33. The lowest BCUT2D eigenvalue weighted by Crippen LogP contribution is -2.36. The van der Waals surface area contributed by atoms with Crippen LogP contribution in [0.4, 0.5) is 0 Å². The number of hydrogen-bond acceptors (Lipinski definition) is 5. The largest absolute Gasteiger partial charge is 0.338 e. The van der Waals surface area contributed by atoms with Crippen molar-refractivity contribution >= 4 is 0 Å². The number of piperidine rings is 1. The fraction of sp³-hybridized carbons (Fsp3) is 0.846. The standard InChI is InChI=1S/C13H24N4O/c1-3-5-12-15-13(18-16-12)10-17(2)9-11-6-4-7-14-8-11/h11,14H,3-10H2,1-2H3. The highest BCUT2D eigenvalue weighted by Gasteiger charge is 2.16. The molecule has 0 bridgehead atoms. The molecule has 0 saturated carbocycles. The molecule has 1 atom stereocenters. The first-order chi connectivity index (χ1) is 8.78. The fourth-order valence-corrected chi connectivity index (χ4v) is 2.50. The highest BCUT2D eigenvalue weighted by molar-refractivity contribution is 4.86. The van der Waals surface area contributed by atoms with E-state index in [0.29, 0.717) is 0 Å². The molecule has 1 aromatic heterocycles. The number of nitrogens with one attached hydrogen (secondary N) is 1. The van der Waals surface area contributed by atoms with Crippen LogP contribution >= 0.6 is 0 Å². The van der Waals surface area contributed by atoms with E-state index in [1.165, 1.54) is 19.4 Å². The first-order valence-electron chi connectivity index (χ1n) is 6.98. The molecule has 1 saturated heterocycles. The lowest BCUT2D eigenvalue weighted by molar-refractivity contribution is 0.212. The predicted octanol–water partition coefficient (Wildman–Crippen LogP) is 1.45. The van der Waals surface area contributed by atoms with Gasteiger partial charge in [0.15, 0.2) is 5.82 Å². The van der Waals surface area contributed by atoms with Crippen LogP contribution < -0.4 is 5.32 Å². The maximum atomic E-state index is 5.26. The molecule has 1 fully saturated rings. The molecule has 1 aliphatic rings. The van der Waals surface area contributed by atoms with Gasteiger partial charge < -0.3 is 9.84 Å². The molecule has 1 N–H and O–H groups in total. The molecular weight excluding hydrogens is 228 g/mol. The molecule has 2 rings (SSSR count). The Morgan fingerprint density at radius 2 is 2.39 bits per heavy atom. The highest BCUT2D eigenvalue weighted by atomic mass is 16.5. The average Bonchev–Trinajstić information content (AvgIpc) is 2.78. The molecule has 102 valence electrons. The Labute approximate surface area is 109 Å². The quantitative estimate of drug-likeness (QED) is 0.830. The van der Waals surface area contributed by atoms with Gasteiger partial charge in [-0.25, -0.2) is 0 Å². The SMILES string of the molecule is CCCc1noc(CN(C)CC2CCCNC2)n1. The Hall–Kier alpha value is -0.940. The van der Waals surface area contributed by atoms with Gasteiger partial charge >= 0.3 is 0 Å². The maximum absolute atomic E-state index is 5.26. The van der Waals surface area contributed by atoms with Crippen LogP contribution in [-0.4, -0.2) is 41.7 Å². The van der Waals surface area contributed by atoms with Gasteiger partial charge in [0.05, 0.1) is 6.54 Å². The van der Waals surface area contributed by atoms with Crippen molar-refractivity contribution in [2.75, 3.05) is 26.7 Å². The lowest BCUT2D eigenvalue weighted by Gasteiger charge is -2.26. The maximum Gasteiger partial charge on any atom is 0.240 e. The molecule has 5 heteroatoms. The van der Waals surface area contributed by atoms with E-state index in [-0.39, 0.29) is 0 Å². The van der Waals surface area contributed by atoms with Crippen molar-refractivity contribution in [3.05, 3.63) is 11.7 Å². The first-order valence-corrected chi connectivity index (χ1v) is 6.98. The summed E-state index contributed by atoms with van der Waals surface area (Å²) in [5.41, 5.74) is 0. The van der Waals surface area contributed by atoms with Crippen LogP contribution in [0.5, 0.6) is 0 Å². The van der Waals surface area contributed by atoms with Crippen LogP contribution in [0.1, 0.15) is 37.9 Å². The van der Waals surface area contributed by atoms with Crippen molar-refractivity contribution in [2.24, 2.45) is 5.92 Å². The van der Waals surface area contributed by atoms with E-state index < -0.39 is 0 Å². The minimum absolute atomic E-state index is 0.740. The Morgan fingerprint density at radius 1 is 1.50 bits per heavy atom. The number of aromatic nitrogens is 2. The fourth-order valence-electron chi connectivity index (χ4n) is 2.50. The van der Waals surface area contributed by atoms with Gasteiger partial charge in [0.2, 0.25) is 5.89 Å². The van der Waals surface area contributed by atoms with E-state index in [9.17, 15) is 0 Å². The molecule has 1 aliphatic heterocycles. The molecule has 0 aliphatic carbocycles. The van der Waals surface area contributed by atoms with Crippen LogP contribution in [0.25, 0.3) is 0 Å². The summed E-state index contributed by atoms with van der Waals surface area (Å²) in [4.78, 5) is 6.68. The van der Waals surface area contributed by atoms with Crippen molar-refractivity contribution in [1.82, 2.24) is 20.4 Å². The molecule has 5 nitrogen and oxygen atoms in total. The summed E-state index contributed by atoms with van der Waals surface area (Å²) in [6.45, 7) is 6.28. The Kier molecular flexibility index (Phi) is 5.13. The van der Waals surface area contributed by atoms with Gasteiger partial charge in [0.1, 0.15) is 0 Å². The summed E-state index contributed by atoms with van der Waals surface area (Å²) >= 11 is 0. The van der Waals surface area contributed by atoms with Crippen molar-refractivity contribution in [3.63, 3.8) is 0 Å². The van der Waals surface area contributed by atoms with Crippen LogP contribution in [-0.2, 0) is 13.0 Å². The van der Waals surface area contributed by atoms with E-state index in [1.54, 1.807) is 0 Å². The van der Waals surface area contributed by atoms with E-state index in [4.69, 9.17) is 4.52 Å². The zero-order valence-corrected chi connectivity index (χ0v) is 11.5. The smallest absolute Gasteiger partial charge is 0.240 e. The second-order valence-electron chi connectivity index (χ2n) is 5.26. The van der Waals surface area contributed by atoms with E-state index in [2.05, 4.69) is 34.3 Å². The third-order valence-corrected chi connectivity index (χ3v) is 3.36. The topological polar surface area (TPSA) is 54.2 Å². The molecule has 0 radical (unpaired) electrons. The molecule has 1 aromatic rings. The third-order valence-electron chi connectivity index (χ3n) is 3.36. The molecule has 0 spiro atoms. The minimum atomic E-state index is 0.740. The number of hydrogen-bond donors (Lipinski definition) is 1. The zero-order chi connectivity index (χ0) is 12.8. The lowest BCUT2D eigenvalue weighted by atomic mass is 9.99. The van der Waals surface area contributed by atoms with Crippen LogP contribution in [0.15, 0.2) is 4.52 Å². The normalized spacial score (nSPS) is 20.5. The second-order valence-corrected chi connectivity index (χ2v) is 5.26. The molecule has 2 heterocycles. The second kappa shape index (κ2) is 6.85. The van der Waals surface area contributed by atoms with Gasteiger partial charge in [0.25, 0.3) is 0 Å². The molecule has 1 unspecified atom stereocenters. The average molecular weight is 252 g/mol. The van der Waals surface area contributed by atoms with E-state index >= 15 is 0 Å². The minimum Gasteiger partial charge on any atom is -0.338 e. The molecule has 0 amide bonds. The Morgan fingerprint density at radius 3 is 3.11 bits per heavy atom. The van der Waals surface area contributed by atoms with Crippen LogP contribution in [0.2, 0.25) is 0 Å². The monoisotopic (exact) mass is 252 g/mol. The third kappa shape index (κ3) is 4.07. The molecule has 18 heavy (non-hydrogen) atoms. The number of nitrogens with zero attached hydrogens (tertiary/aromatic N) is 3. The van der Waals surface area contributed by atoms with Crippen LogP contribution in [0.3, 0.4) is 0 Å².